The van der Waals surface area contributed by atoms with E-state index in [1.54, 1.807) is 0 Å². The van der Waals surface area contributed by atoms with Crippen LogP contribution in [0.4, 0.5) is 0 Å². The number of amides is 3. The second-order valence-electron chi connectivity index (χ2n) is 25.9. The Morgan fingerprint density at radius 1 is 0.402 bits per heavy atom. The van der Waals surface area contributed by atoms with Crippen LogP contribution in [0, 0.1) is 80.1 Å². The van der Waals surface area contributed by atoms with Crippen LogP contribution in [0.25, 0.3) is 0 Å². The van der Waals surface area contributed by atoms with Gasteiger partial charge in [-0.3, -0.25) is 43.2 Å². The van der Waals surface area contributed by atoms with E-state index in [0.29, 0.717) is 75.3 Å². The molecule has 3 aliphatic carbocycles. The summed E-state index contributed by atoms with van der Waals surface area (Å²) in [6.45, 7) is 30.0. The van der Waals surface area contributed by atoms with E-state index >= 15 is 0 Å². The van der Waals surface area contributed by atoms with Gasteiger partial charge in [0.05, 0.1) is 0 Å². The van der Waals surface area contributed by atoms with Gasteiger partial charge in [0.15, 0.2) is 17.3 Å². The monoisotopic (exact) mass is 1200 g/mol. The summed E-state index contributed by atoms with van der Waals surface area (Å²) >= 11 is 0. The van der Waals surface area contributed by atoms with Crippen LogP contribution in [0.5, 0.6) is 0 Å². The molecule has 3 aromatic carbocycles. The summed E-state index contributed by atoms with van der Waals surface area (Å²) < 4.78 is 0. The number of aryl methyl sites for hydroxylation is 9. The summed E-state index contributed by atoms with van der Waals surface area (Å²) in [5.74, 6) is -4.05. The number of oxime groups is 3. The minimum absolute atomic E-state index is 0. The number of nitrogens with one attached hydrogen (secondary N) is 3. The van der Waals surface area contributed by atoms with Gasteiger partial charge in [-0.2, -0.15) is 0 Å². The molecule has 0 aromatic heterocycles. The van der Waals surface area contributed by atoms with Crippen LogP contribution in [0.2, 0.25) is 0 Å². The third-order valence-corrected chi connectivity index (χ3v) is 16.6. The number of nitrogens with zero attached hydrogens (tertiary/aromatic N) is 3. The number of carbonyl (C=O) groups excluding carboxylic acids is 9. The lowest BCUT2D eigenvalue weighted by molar-refractivity contribution is -0.126. The number of Topliss-reactive ketones (excluding diaryl/α,β-unsaturated/α-hetero) is 6. The number of carbonyl (C=O) groups is 9. The van der Waals surface area contributed by atoms with E-state index < -0.39 is 34.6 Å². The molecule has 0 radical (unpaired) electrons. The van der Waals surface area contributed by atoms with Crippen LogP contribution < -0.4 is 16.0 Å². The second-order valence-corrected chi connectivity index (χ2v) is 25.9. The van der Waals surface area contributed by atoms with Gasteiger partial charge in [0.1, 0.15) is 69.0 Å². The Morgan fingerprint density at radius 3 is 0.793 bits per heavy atom. The second kappa shape index (κ2) is 29.0. The predicted molar refractivity (Wildman–Crippen MR) is 339 cm³/mol. The molecular weight excluding hydrogens is 1100 g/mol. The molecule has 6 aliphatic rings. The zero-order valence-electron chi connectivity index (χ0n) is 51.7. The van der Waals surface area contributed by atoms with Crippen molar-refractivity contribution in [3.8, 4) is 0 Å². The Bertz CT molecular complexity index is 2880. The molecule has 0 saturated heterocycles. The summed E-state index contributed by atoms with van der Waals surface area (Å²) in [6.07, 6.45) is 3.43. The van der Waals surface area contributed by atoms with Gasteiger partial charge in [-0.15, -0.1) is 0 Å². The summed E-state index contributed by atoms with van der Waals surface area (Å²) in [6, 6.07) is 12.1. The highest BCUT2D eigenvalue weighted by Gasteiger charge is 2.46. The summed E-state index contributed by atoms with van der Waals surface area (Å²) in [4.78, 5) is 129. The highest BCUT2D eigenvalue weighted by molar-refractivity contribution is 6.40. The van der Waals surface area contributed by atoms with Gasteiger partial charge < -0.3 is 30.5 Å². The molecule has 9 rings (SSSR count). The number of rotatable bonds is 15. The largest absolute Gasteiger partial charge is 0.389 e. The molecular formula is C69H96N6O12. The molecule has 6 atom stereocenters. The Morgan fingerprint density at radius 2 is 0.609 bits per heavy atom. The van der Waals surface area contributed by atoms with Gasteiger partial charge in [-0.1, -0.05) is 90.8 Å². The minimum atomic E-state index is -0.672. The van der Waals surface area contributed by atoms with Crippen LogP contribution in [0.15, 0.2) is 51.9 Å². The fourth-order valence-corrected chi connectivity index (χ4v) is 12.8. The summed E-state index contributed by atoms with van der Waals surface area (Å²) in [5, 5.41) is 19.9. The lowest BCUT2D eigenvalue weighted by atomic mass is 9.86. The van der Waals surface area contributed by atoms with E-state index in [1.807, 2.05) is 140 Å². The standard InChI is InChI=1S/3C22H28N2O4.3CH4/c3*1-12-8-13(2)18(14(3)9-12)19-17(25)10-15(20(19)26)6-7-23-21(27)16-11-22(4,5)28-24-16;;;/h3*8-9,15,19H,6-7,10-11H2,1-5H3,(H,23,27);3*1H4/t2*15-,19?;;;;/m10..../s1. The highest BCUT2D eigenvalue weighted by Crippen LogP contribution is 2.40. The third-order valence-electron chi connectivity index (χ3n) is 16.6. The average molecular weight is 1200 g/mol. The van der Waals surface area contributed by atoms with E-state index in [1.165, 1.54) is 0 Å². The van der Waals surface area contributed by atoms with Crippen molar-refractivity contribution in [1.82, 2.24) is 16.0 Å². The van der Waals surface area contributed by atoms with Gasteiger partial charge in [0, 0.05) is 75.9 Å². The van der Waals surface area contributed by atoms with Crippen molar-refractivity contribution in [2.75, 3.05) is 19.6 Å². The first-order chi connectivity index (χ1) is 39.3. The summed E-state index contributed by atoms with van der Waals surface area (Å²) in [5.41, 5.74) is 11.6. The van der Waals surface area contributed by atoms with Crippen LogP contribution in [0.1, 0.15) is 206 Å². The van der Waals surface area contributed by atoms with Gasteiger partial charge in [-0.25, -0.2) is 0 Å². The average Bonchev–Trinajstić information content (AvgIpc) is 3.34. The molecule has 3 aliphatic heterocycles. The zero-order chi connectivity index (χ0) is 61.9. The maximum atomic E-state index is 12.9. The first-order valence-corrected chi connectivity index (χ1v) is 29.3. The van der Waals surface area contributed by atoms with Crippen molar-refractivity contribution in [3.05, 3.63) is 103 Å². The number of hydrogen-bond acceptors (Lipinski definition) is 15. The lowest BCUT2D eigenvalue weighted by Gasteiger charge is -2.16. The normalized spacial score (nSPS) is 22.7. The Labute approximate surface area is 515 Å². The molecule has 3 aromatic rings. The quantitative estimate of drug-likeness (QED) is 0.120. The van der Waals surface area contributed by atoms with Crippen molar-refractivity contribution in [3.63, 3.8) is 0 Å². The molecule has 0 spiro atoms. The molecule has 18 heteroatoms. The highest BCUT2D eigenvalue weighted by atomic mass is 16.7. The molecule has 3 N–H and O–H groups in total. The SMILES string of the molecule is C.C.C.Cc1cc(C)c(C2C(=O)CC(CCNC(=O)C3=NOC(C)(C)C3)C2=O)c(C)c1.Cc1cc(C)c(C2C(=O)C[C@@H](CCNC(=O)C3=NOC(C)(C)C3)C2=O)c(C)c1.Cc1cc(C)c(C2C(=O)C[C@H](CCNC(=O)C3=NOC(C)(C)C3)C2=O)c(C)c1. The van der Waals surface area contributed by atoms with Gasteiger partial charge in [0.25, 0.3) is 17.7 Å². The van der Waals surface area contributed by atoms with Gasteiger partial charge in [-0.05, 0) is 173 Å². The number of hydrogen-bond donors (Lipinski definition) is 3. The third kappa shape index (κ3) is 17.2. The molecule has 3 heterocycles. The van der Waals surface area contributed by atoms with Crippen molar-refractivity contribution in [1.29, 1.82) is 0 Å². The Kier molecular flexibility index (Phi) is 24.0. The number of ketones is 6. The maximum Gasteiger partial charge on any atom is 0.269 e. The smallest absolute Gasteiger partial charge is 0.269 e. The van der Waals surface area contributed by atoms with Crippen molar-refractivity contribution >= 4 is 69.6 Å². The van der Waals surface area contributed by atoms with Gasteiger partial charge in [0.2, 0.25) is 0 Å². The predicted octanol–water partition coefficient (Wildman–Crippen LogP) is 10.7. The fraction of sp³-hybridized carbons (Fsp3) is 0.565. The van der Waals surface area contributed by atoms with Crippen LogP contribution in [-0.2, 0) is 57.7 Å². The minimum Gasteiger partial charge on any atom is -0.389 e. The Hall–Kier alpha value is -7.50. The Balaban J connectivity index is 0.000000275. The first kappa shape index (κ1) is 72.0. The fourth-order valence-electron chi connectivity index (χ4n) is 12.8. The van der Waals surface area contributed by atoms with Crippen molar-refractivity contribution in [2.24, 2.45) is 33.2 Å². The topological polar surface area (TPSA) is 254 Å². The van der Waals surface area contributed by atoms with Crippen molar-refractivity contribution in [2.45, 2.75) is 218 Å². The van der Waals surface area contributed by atoms with Crippen LogP contribution in [-0.4, -0.2) is 106 Å². The molecule has 3 fully saturated rings. The number of benzene rings is 3. The van der Waals surface area contributed by atoms with E-state index in [4.69, 9.17) is 14.5 Å². The van der Waals surface area contributed by atoms with E-state index in [-0.39, 0.29) is 112 Å². The summed E-state index contributed by atoms with van der Waals surface area (Å²) in [7, 11) is 0. The van der Waals surface area contributed by atoms with E-state index in [9.17, 15) is 43.2 Å². The van der Waals surface area contributed by atoms with E-state index in [0.717, 1.165) is 66.8 Å². The molecule has 3 amide bonds. The molecule has 4 unspecified atom stereocenters. The lowest BCUT2D eigenvalue weighted by Crippen LogP contribution is -2.34. The van der Waals surface area contributed by atoms with E-state index in [2.05, 4.69) is 31.4 Å². The molecule has 87 heavy (non-hydrogen) atoms. The molecule has 18 nitrogen and oxygen atoms in total. The van der Waals surface area contributed by atoms with Crippen LogP contribution >= 0.6 is 0 Å². The molecule has 0 bridgehead atoms. The zero-order valence-corrected chi connectivity index (χ0v) is 51.7. The van der Waals surface area contributed by atoms with Crippen LogP contribution in [0.3, 0.4) is 0 Å². The molecule has 3 saturated carbocycles. The van der Waals surface area contributed by atoms with Crippen molar-refractivity contribution < 1.29 is 57.7 Å². The maximum absolute atomic E-state index is 12.9. The first-order valence-electron chi connectivity index (χ1n) is 29.3. The van der Waals surface area contributed by atoms with Gasteiger partial charge >= 0.3 is 0 Å². The molecule has 474 valence electrons.